The summed E-state index contributed by atoms with van der Waals surface area (Å²) in [5.74, 6) is 1.19. The number of carbonyl (C=O) groups is 2. The average molecular weight is 377 g/mol. The monoisotopic (exact) mass is 377 g/mol. The predicted molar refractivity (Wildman–Crippen MR) is 98.5 cm³/mol. The Balaban J connectivity index is 1.23. The van der Waals surface area contributed by atoms with Crippen LogP contribution in [0.25, 0.3) is 0 Å². The molecule has 27 heavy (non-hydrogen) atoms. The van der Waals surface area contributed by atoms with Gasteiger partial charge in [0.25, 0.3) is 0 Å². The Morgan fingerprint density at radius 1 is 1.26 bits per heavy atom. The summed E-state index contributed by atoms with van der Waals surface area (Å²) in [5.41, 5.74) is -0.0871. The lowest BCUT2D eigenvalue weighted by molar-refractivity contribution is -0.103. The number of rotatable bonds is 3. The summed E-state index contributed by atoms with van der Waals surface area (Å²) in [7, 11) is 0. The highest BCUT2D eigenvalue weighted by atomic mass is 16.6. The first-order valence-corrected chi connectivity index (χ1v) is 10.7. The number of nitrogens with zero attached hydrogens (tertiary/aromatic N) is 2. The largest absolute Gasteiger partial charge is 0.465 e. The molecule has 7 heteroatoms. The average Bonchev–Trinajstić information content (AvgIpc) is 3.27. The van der Waals surface area contributed by atoms with E-state index in [0.717, 1.165) is 45.2 Å². The Kier molecular flexibility index (Phi) is 3.91. The Labute approximate surface area is 160 Å². The van der Waals surface area contributed by atoms with Crippen molar-refractivity contribution < 1.29 is 19.4 Å². The van der Waals surface area contributed by atoms with E-state index < -0.39 is 6.09 Å². The van der Waals surface area contributed by atoms with E-state index in [9.17, 15) is 14.7 Å². The minimum atomic E-state index is -0.772. The zero-order valence-corrected chi connectivity index (χ0v) is 16.2. The summed E-state index contributed by atoms with van der Waals surface area (Å²) < 4.78 is 5.82. The van der Waals surface area contributed by atoms with E-state index in [2.05, 4.69) is 17.1 Å². The van der Waals surface area contributed by atoms with Crippen molar-refractivity contribution in [3.05, 3.63) is 0 Å². The zero-order valence-electron chi connectivity index (χ0n) is 16.2. The van der Waals surface area contributed by atoms with Crippen LogP contribution in [0.5, 0.6) is 0 Å². The third kappa shape index (κ3) is 2.64. The summed E-state index contributed by atoms with van der Waals surface area (Å²) in [6.45, 7) is 5.61. The molecule has 2 N–H and O–H groups in total. The van der Waals surface area contributed by atoms with Gasteiger partial charge in [-0.15, -0.1) is 0 Å². The Hall–Kier alpha value is -1.50. The number of carbonyl (C=O) groups excluding carboxylic acids is 1. The molecule has 4 atom stereocenters. The van der Waals surface area contributed by atoms with Gasteiger partial charge in [0.1, 0.15) is 5.60 Å². The smallest absolute Gasteiger partial charge is 0.408 e. The number of amides is 2. The van der Waals surface area contributed by atoms with Crippen molar-refractivity contribution in [2.75, 3.05) is 26.2 Å². The summed E-state index contributed by atoms with van der Waals surface area (Å²) in [6, 6.07) is 0.770. The van der Waals surface area contributed by atoms with E-state index in [1.165, 1.54) is 12.8 Å². The van der Waals surface area contributed by atoms with E-state index in [1.54, 1.807) is 4.90 Å². The second kappa shape index (κ2) is 6.00. The molecular formula is C20H31N3O4. The Bertz CT molecular complexity index is 643. The standard InChI is InChI=1S/C20H31N3O4/c1-2-14-15(11-19(14)5-8-23(12-19)18(25)26)22-9-6-20(7-10-22)16(13-3-4-13)21-17(24)27-20/h13-16H,2-12H2,1H3,(H,21,24)(H,25,26). The molecule has 5 rings (SSSR count). The van der Waals surface area contributed by atoms with Gasteiger partial charge in [-0.05, 0) is 42.9 Å². The van der Waals surface area contributed by atoms with Gasteiger partial charge < -0.3 is 20.1 Å². The lowest BCUT2D eigenvalue weighted by Crippen LogP contribution is -2.63. The van der Waals surface area contributed by atoms with Crippen LogP contribution < -0.4 is 5.32 Å². The first-order valence-electron chi connectivity index (χ1n) is 10.7. The lowest BCUT2D eigenvalue weighted by atomic mass is 9.54. The van der Waals surface area contributed by atoms with Gasteiger partial charge >= 0.3 is 12.2 Å². The van der Waals surface area contributed by atoms with Crippen LogP contribution in [0.3, 0.4) is 0 Å². The summed E-state index contributed by atoms with van der Waals surface area (Å²) in [5, 5.41) is 12.4. The molecule has 5 fully saturated rings. The van der Waals surface area contributed by atoms with Crippen LogP contribution in [0.2, 0.25) is 0 Å². The van der Waals surface area contributed by atoms with Crippen molar-refractivity contribution in [3.63, 3.8) is 0 Å². The predicted octanol–water partition coefficient (Wildman–Crippen LogP) is 2.51. The van der Waals surface area contributed by atoms with Crippen LogP contribution in [0, 0.1) is 17.3 Å². The molecule has 0 aromatic carbocycles. The first kappa shape index (κ1) is 17.6. The van der Waals surface area contributed by atoms with Crippen molar-refractivity contribution in [2.24, 2.45) is 17.3 Å². The van der Waals surface area contributed by atoms with E-state index in [-0.39, 0.29) is 23.2 Å². The minimum Gasteiger partial charge on any atom is -0.465 e. The number of nitrogens with one attached hydrogen (secondary N) is 1. The molecule has 4 unspecified atom stereocenters. The topological polar surface area (TPSA) is 82.1 Å². The van der Waals surface area contributed by atoms with Gasteiger partial charge in [0, 0.05) is 45.1 Å². The third-order valence-corrected chi connectivity index (χ3v) is 8.31. The summed E-state index contributed by atoms with van der Waals surface area (Å²) in [4.78, 5) is 27.4. The number of likely N-dealkylation sites (tertiary alicyclic amines) is 2. The number of piperidine rings is 1. The van der Waals surface area contributed by atoms with Crippen LogP contribution in [0.15, 0.2) is 0 Å². The van der Waals surface area contributed by atoms with Gasteiger partial charge in [0.15, 0.2) is 0 Å². The highest BCUT2D eigenvalue weighted by molar-refractivity contribution is 5.71. The quantitative estimate of drug-likeness (QED) is 0.790. The molecular weight excluding hydrogens is 346 g/mol. The zero-order chi connectivity index (χ0) is 18.8. The van der Waals surface area contributed by atoms with Gasteiger partial charge in [0.05, 0.1) is 6.04 Å². The molecule has 150 valence electrons. The maximum Gasteiger partial charge on any atom is 0.408 e. The molecule has 3 aliphatic heterocycles. The molecule has 2 saturated carbocycles. The first-order chi connectivity index (χ1) is 13.0. The van der Waals surface area contributed by atoms with Gasteiger partial charge in [0.2, 0.25) is 0 Å². The Morgan fingerprint density at radius 3 is 2.59 bits per heavy atom. The molecule has 2 amide bonds. The lowest BCUT2D eigenvalue weighted by Gasteiger charge is -2.58. The van der Waals surface area contributed by atoms with E-state index in [1.807, 2.05) is 0 Å². The van der Waals surface area contributed by atoms with Gasteiger partial charge in [-0.2, -0.15) is 0 Å². The SMILES string of the molecule is CCC1C(N2CCC3(CC2)OC(=O)NC3C2CC2)CC12CCN(C(=O)O)C2. The van der Waals surface area contributed by atoms with Crippen LogP contribution >= 0.6 is 0 Å². The molecule has 2 spiro atoms. The molecule has 3 heterocycles. The summed E-state index contributed by atoms with van der Waals surface area (Å²) in [6.07, 6.45) is 6.51. The summed E-state index contributed by atoms with van der Waals surface area (Å²) >= 11 is 0. The fourth-order valence-electron chi connectivity index (χ4n) is 6.74. The number of alkyl carbamates (subject to hydrolysis) is 1. The molecule has 0 aromatic rings. The maximum atomic E-state index is 11.9. The van der Waals surface area contributed by atoms with E-state index in [0.29, 0.717) is 31.0 Å². The van der Waals surface area contributed by atoms with Crippen LogP contribution in [0.4, 0.5) is 9.59 Å². The van der Waals surface area contributed by atoms with Crippen LogP contribution in [-0.2, 0) is 4.74 Å². The second-order valence-corrected chi connectivity index (χ2v) is 9.55. The second-order valence-electron chi connectivity index (χ2n) is 9.55. The number of ether oxygens (including phenoxy) is 1. The molecule has 0 aromatic heterocycles. The molecule has 0 bridgehead atoms. The van der Waals surface area contributed by atoms with Gasteiger partial charge in [-0.25, -0.2) is 9.59 Å². The number of hydrogen-bond donors (Lipinski definition) is 2. The molecule has 0 radical (unpaired) electrons. The highest BCUT2D eigenvalue weighted by Gasteiger charge is 2.60. The maximum absolute atomic E-state index is 11.9. The van der Waals surface area contributed by atoms with Crippen molar-refractivity contribution >= 4 is 12.2 Å². The Morgan fingerprint density at radius 2 is 2.00 bits per heavy atom. The fourth-order valence-corrected chi connectivity index (χ4v) is 6.74. The van der Waals surface area contributed by atoms with E-state index in [4.69, 9.17) is 4.74 Å². The van der Waals surface area contributed by atoms with E-state index >= 15 is 0 Å². The highest BCUT2D eigenvalue weighted by Crippen LogP contribution is 2.57. The van der Waals surface area contributed by atoms with Gasteiger partial charge in [-0.1, -0.05) is 13.3 Å². The molecule has 2 aliphatic carbocycles. The van der Waals surface area contributed by atoms with Crippen molar-refractivity contribution in [2.45, 2.75) is 69.6 Å². The van der Waals surface area contributed by atoms with Gasteiger partial charge in [-0.3, -0.25) is 4.90 Å². The van der Waals surface area contributed by atoms with Crippen LogP contribution in [0.1, 0.15) is 51.9 Å². The van der Waals surface area contributed by atoms with Crippen molar-refractivity contribution in [1.29, 1.82) is 0 Å². The van der Waals surface area contributed by atoms with Crippen LogP contribution in [-0.4, -0.2) is 71.0 Å². The van der Waals surface area contributed by atoms with Crippen molar-refractivity contribution in [3.8, 4) is 0 Å². The molecule has 7 nitrogen and oxygen atoms in total. The third-order valence-electron chi connectivity index (χ3n) is 8.31. The number of carboxylic acid groups (broad SMARTS) is 1. The number of hydrogen-bond acceptors (Lipinski definition) is 4. The molecule has 3 saturated heterocycles. The normalized spacial score (nSPS) is 40.9. The fraction of sp³-hybridized carbons (Fsp3) is 0.900. The minimum absolute atomic E-state index is 0.199. The molecule has 5 aliphatic rings. The van der Waals surface area contributed by atoms with Crippen molar-refractivity contribution in [1.82, 2.24) is 15.1 Å².